The van der Waals surface area contributed by atoms with Crippen molar-refractivity contribution in [3.63, 3.8) is 0 Å². The predicted molar refractivity (Wildman–Crippen MR) is 86.0 cm³/mol. The smallest absolute Gasteiger partial charge is 0.0451 e. The summed E-state index contributed by atoms with van der Waals surface area (Å²) in [6.07, 6.45) is 7.69. The van der Waals surface area contributed by atoms with Crippen molar-refractivity contribution in [2.45, 2.75) is 52.0 Å². The van der Waals surface area contributed by atoms with Gasteiger partial charge in [0.2, 0.25) is 0 Å². The Kier molecular flexibility index (Phi) is 3.42. The lowest BCUT2D eigenvalue weighted by molar-refractivity contribution is -0.0518. The monoisotopic (exact) mass is 289 g/mol. The lowest BCUT2D eigenvalue weighted by atomic mass is 9.50. The first-order chi connectivity index (χ1) is 9.76. The van der Waals surface area contributed by atoms with Crippen LogP contribution >= 0.6 is 11.3 Å². The lowest BCUT2D eigenvalue weighted by Crippen LogP contribution is -2.49. The van der Waals surface area contributed by atoms with Crippen LogP contribution in [-0.2, 0) is 0 Å². The Morgan fingerprint density at radius 1 is 1.15 bits per heavy atom. The van der Waals surface area contributed by atoms with E-state index in [0.29, 0.717) is 6.04 Å². The molecule has 5 rings (SSSR count). The van der Waals surface area contributed by atoms with Gasteiger partial charge in [0, 0.05) is 10.9 Å². The molecule has 4 bridgehead atoms. The Morgan fingerprint density at radius 2 is 1.80 bits per heavy atom. The fourth-order valence-electron chi connectivity index (χ4n) is 5.84. The minimum Gasteiger partial charge on any atom is -0.309 e. The van der Waals surface area contributed by atoms with Crippen molar-refractivity contribution in [3.8, 4) is 0 Å². The van der Waals surface area contributed by atoms with E-state index in [-0.39, 0.29) is 0 Å². The summed E-state index contributed by atoms with van der Waals surface area (Å²) in [5.41, 5.74) is 1.51. The van der Waals surface area contributed by atoms with Crippen LogP contribution in [0.5, 0.6) is 0 Å². The van der Waals surface area contributed by atoms with E-state index in [9.17, 15) is 0 Å². The van der Waals surface area contributed by atoms with Crippen molar-refractivity contribution in [3.05, 3.63) is 21.9 Å². The molecule has 2 heteroatoms. The van der Waals surface area contributed by atoms with Gasteiger partial charge in [0.05, 0.1) is 0 Å². The minimum atomic E-state index is 0.634. The Labute approximate surface area is 127 Å². The molecular formula is C18H27NS. The molecule has 1 aromatic rings. The second-order valence-electron chi connectivity index (χ2n) is 7.51. The molecule has 1 N–H and O–H groups in total. The highest BCUT2D eigenvalue weighted by Gasteiger charge is 2.50. The van der Waals surface area contributed by atoms with Gasteiger partial charge in [-0.3, -0.25) is 0 Å². The first-order valence-electron chi connectivity index (χ1n) is 8.53. The molecule has 0 saturated heterocycles. The van der Waals surface area contributed by atoms with Crippen molar-refractivity contribution in [1.29, 1.82) is 0 Å². The van der Waals surface area contributed by atoms with E-state index in [0.717, 1.165) is 36.1 Å². The number of hydrogen-bond acceptors (Lipinski definition) is 2. The molecule has 110 valence electrons. The highest BCUT2D eigenvalue weighted by molar-refractivity contribution is 7.10. The van der Waals surface area contributed by atoms with Gasteiger partial charge in [-0.2, -0.15) is 0 Å². The maximum atomic E-state index is 3.86. The summed E-state index contributed by atoms with van der Waals surface area (Å²) in [5.74, 6) is 5.11. The molecule has 4 fully saturated rings. The molecule has 1 heterocycles. The fraction of sp³-hybridized carbons (Fsp3) is 0.778. The number of nitrogens with one attached hydrogen (secondary N) is 1. The summed E-state index contributed by atoms with van der Waals surface area (Å²) >= 11 is 1.98. The van der Waals surface area contributed by atoms with Gasteiger partial charge in [0.25, 0.3) is 0 Å². The number of hydrogen-bond donors (Lipinski definition) is 1. The van der Waals surface area contributed by atoms with Crippen molar-refractivity contribution >= 4 is 11.3 Å². The van der Waals surface area contributed by atoms with Gasteiger partial charge < -0.3 is 5.32 Å². The highest BCUT2D eigenvalue weighted by Crippen LogP contribution is 2.59. The summed E-state index contributed by atoms with van der Waals surface area (Å²) in [6.45, 7) is 5.67. The second kappa shape index (κ2) is 5.14. The molecule has 0 spiro atoms. The van der Waals surface area contributed by atoms with Crippen LogP contribution in [0.1, 0.15) is 55.5 Å². The SMILES string of the molecule is CCNC(c1sccc1C)C1C2CC3CC(C2)CC1C3. The van der Waals surface area contributed by atoms with Crippen molar-refractivity contribution in [2.75, 3.05) is 6.54 Å². The zero-order valence-corrected chi connectivity index (χ0v) is 13.6. The van der Waals surface area contributed by atoms with Crippen LogP contribution in [0.3, 0.4) is 0 Å². The summed E-state index contributed by atoms with van der Waals surface area (Å²) in [5, 5.41) is 6.15. The van der Waals surface area contributed by atoms with E-state index >= 15 is 0 Å². The van der Waals surface area contributed by atoms with Gasteiger partial charge in [-0.1, -0.05) is 6.92 Å². The lowest BCUT2D eigenvalue weighted by Gasteiger charge is -2.56. The van der Waals surface area contributed by atoms with Crippen LogP contribution in [0.4, 0.5) is 0 Å². The standard InChI is InChI=1S/C18H27NS/c1-3-19-17(18-11(2)4-5-20-18)16-14-7-12-6-13(9-14)10-15(16)8-12/h4-5,12-17,19H,3,6-10H2,1-2H3. The van der Waals surface area contributed by atoms with Crippen LogP contribution in [0.2, 0.25) is 0 Å². The molecule has 1 unspecified atom stereocenters. The summed E-state index contributed by atoms with van der Waals surface area (Å²) in [4.78, 5) is 1.63. The highest BCUT2D eigenvalue weighted by atomic mass is 32.1. The van der Waals surface area contributed by atoms with Crippen LogP contribution in [0, 0.1) is 36.5 Å². The molecular weight excluding hydrogens is 262 g/mol. The maximum Gasteiger partial charge on any atom is 0.0451 e. The second-order valence-corrected chi connectivity index (χ2v) is 8.46. The molecule has 4 aliphatic rings. The van der Waals surface area contributed by atoms with E-state index in [1.807, 2.05) is 11.3 Å². The average Bonchev–Trinajstić information content (AvgIpc) is 2.82. The molecule has 20 heavy (non-hydrogen) atoms. The Balaban J connectivity index is 1.65. The van der Waals surface area contributed by atoms with Gasteiger partial charge in [-0.05, 0) is 92.2 Å². The molecule has 0 aromatic carbocycles. The summed E-state index contributed by atoms with van der Waals surface area (Å²) in [7, 11) is 0. The summed E-state index contributed by atoms with van der Waals surface area (Å²) in [6, 6.07) is 2.94. The molecule has 4 aliphatic carbocycles. The largest absolute Gasteiger partial charge is 0.309 e. The summed E-state index contributed by atoms with van der Waals surface area (Å²) < 4.78 is 0. The van der Waals surface area contributed by atoms with Gasteiger partial charge in [0.15, 0.2) is 0 Å². The predicted octanol–water partition coefficient (Wildman–Crippen LogP) is 4.78. The maximum absolute atomic E-state index is 3.86. The van der Waals surface area contributed by atoms with E-state index in [2.05, 4.69) is 30.6 Å². The third kappa shape index (κ3) is 2.07. The van der Waals surface area contributed by atoms with Crippen molar-refractivity contribution < 1.29 is 0 Å². The zero-order chi connectivity index (χ0) is 13.7. The molecule has 0 radical (unpaired) electrons. The van der Waals surface area contributed by atoms with E-state index in [4.69, 9.17) is 0 Å². The molecule has 1 atom stereocenters. The van der Waals surface area contributed by atoms with Gasteiger partial charge in [0.1, 0.15) is 0 Å². The number of rotatable bonds is 4. The Bertz CT molecular complexity index is 450. The van der Waals surface area contributed by atoms with Crippen LogP contribution < -0.4 is 5.32 Å². The third-order valence-electron chi connectivity index (χ3n) is 6.29. The third-order valence-corrected chi connectivity index (χ3v) is 7.39. The van der Waals surface area contributed by atoms with Gasteiger partial charge in [-0.15, -0.1) is 11.3 Å². The van der Waals surface area contributed by atoms with E-state index < -0.39 is 0 Å². The molecule has 1 aromatic heterocycles. The van der Waals surface area contributed by atoms with E-state index in [1.54, 1.807) is 11.3 Å². The van der Waals surface area contributed by atoms with Gasteiger partial charge >= 0.3 is 0 Å². The molecule has 0 amide bonds. The first kappa shape index (κ1) is 13.3. The van der Waals surface area contributed by atoms with E-state index in [1.165, 1.54) is 31.2 Å². The zero-order valence-electron chi connectivity index (χ0n) is 12.8. The normalized spacial score (nSPS) is 40.2. The van der Waals surface area contributed by atoms with Crippen LogP contribution in [0.25, 0.3) is 0 Å². The fourth-order valence-corrected chi connectivity index (χ4v) is 6.90. The Morgan fingerprint density at radius 3 is 2.30 bits per heavy atom. The van der Waals surface area contributed by atoms with Crippen molar-refractivity contribution in [1.82, 2.24) is 5.32 Å². The number of aryl methyl sites for hydroxylation is 1. The molecule has 1 nitrogen and oxygen atoms in total. The van der Waals surface area contributed by atoms with Crippen LogP contribution in [0.15, 0.2) is 11.4 Å². The first-order valence-corrected chi connectivity index (χ1v) is 9.41. The van der Waals surface area contributed by atoms with Gasteiger partial charge in [-0.25, -0.2) is 0 Å². The minimum absolute atomic E-state index is 0.634. The average molecular weight is 289 g/mol. The quantitative estimate of drug-likeness (QED) is 0.841. The van der Waals surface area contributed by atoms with Crippen LogP contribution in [-0.4, -0.2) is 6.54 Å². The topological polar surface area (TPSA) is 12.0 Å². The van der Waals surface area contributed by atoms with Crippen molar-refractivity contribution in [2.24, 2.45) is 29.6 Å². The Hall–Kier alpha value is -0.340. The molecule has 4 saturated carbocycles. The molecule has 0 aliphatic heterocycles. The number of thiophene rings is 1.